The second-order valence-corrected chi connectivity index (χ2v) is 6.04. The van der Waals surface area contributed by atoms with Gasteiger partial charge in [0.2, 0.25) is 0 Å². The SMILES string of the molecule is CCCOc1ccccc1CCNC(=O)c1ccc2nc(CO)[nH]c2c1. The molecular formula is C20H23N3O3. The van der Waals surface area contributed by atoms with Crippen LogP contribution in [0.25, 0.3) is 11.0 Å². The molecule has 6 nitrogen and oxygen atoms in total. The molecule has 0 saturated carbocycles. The third-order valence-corrected chi connectivity index (χ3v) is 4.06. The molecule has 0 aliphatic rings. The lowest BCUT2D eigenvalue weighted by atomic mass is 10.1. The molecule has 2 aromatic carbocycles. The summed E-state index contributed by atoms with van der Waals surface area (Å²) in [5.41, 5.74) is 3.10. The highest BCUT2D eigenvalue weighted by atomic mass is 16.5. The number of fused-ring (bicyclic) bond motifs is 1. The first-order valence-electron chi connectivity index (χ1n) is 8.79. The summed E-state index contributed by atoms with van der Waals surface area (Å²) in [6.07, 6.45) is 1.66. The number of imidazole rings is 1. The van der Waals surface area contributed by atoms with Crippen molar-refractivity contribution in [2.45, 2.75) is 26.4 Å². The van der Waals surface area contributed by atoms with E-state index in [0.717, 1.165) is 28.8 Å². The lowest BCUT2D eigenvalue weighted by molar-refractivity contribution is 0.0954. The van der Waals surface area contributed by atoms with E-state index in [1.54, 1.807) is 18.2 Å². The molecule has 0 spiro atoms. The molecule has 1 amide bonds. The molecule has 0 aliphatic heterocycles. The molecule has 3 aromatic rings. The van der Waals surface area contributed by atoms with Crippen LogP contribution in [0.5, 0.6) is 5.75 Å². The Kier molecular flexibility index (Phi) is 5.86. The van der Waals surface area contributed by atoms with Crippen molar-refractivity contribution >= 4 is 16.9 Å². The summed E-state index contributed by atoms with van der Waals surface area (Å²) in [6.45, 7) is 3.12. The number of aliphatic hydroxyl groups is 1. The van der Waals surface area contributed by atoms with Crippen LogP contribution in [0.4, 0.5) is 0 Å². The molecule has 1 aromatic heterocycles. The summed E-state index contributed by atoms with van der Waals surface area (Å²) in [4.78, 5) is 19.6. The Bertz CT molecular complexity index is 889. The molecule has 1 heterocycles. The second kappa shape index (κ2) is 8.49. The third kappa shape index (κ3) is 4.21. The lowest BCUT2D eigenvalue weighted by Crippen LogP contribution is -2.25. The fourth-order valence-electron chi connectivity index (χ4n) is 2.75. The van der Waals surface area contributed by atoms with Crippen molar-refractivity contribution in [1.29, 1.82) is 0 Å². The van der Waals surface area contributed by atoms with Crippen molar-refractivity contribution in [3.63, 3.8) is 0 Å². The van der Waals surface area contributed by atoms with Gasteiger partial charge < -0.3 is 20.1 Å². The van der Waals surface area contributed by atoms with Gasteiger partial charge >= 0.3 is 0 Å². The number of nitrogens with one attached hydrogen (secondary N) is 2. The van der Waals surface area contributed by atoms with Gasteiger partial charge in [0, 0.05) is 12.1 Å². The molecule has 26 heavy (non-hydrogen) atoms. The first-order chi connectivity index (χ1) is 12.7. The van der Waals surface area contributed by atoms with Gasteiger partial charge in [0.15, 0.2) is 0 Å². The van der Waals surface area contributed by atoms with Crippen LogP contribution in [0.2, 0.25) is 0 Å². The number of hydrogen-bond donors (Lipinski definition) is 3. The van der Waals surface area contributed by atoms with E-state index >= 15 is 0 Å². The highest BCUT2D eigenvalue weighted by molar-refractivity contribution is 5.97. The normalized spacial score (nSPS) is 10.8. The summed E-state index contributed by atoms with van der Waals surface area (Å²) in [6, 6.07) is 13.1. The second-order valence-electron chi connectivity index (χ2n) is 6.04. The van der Waals surface area contributed by atoms with Crippen LogP contribution in [-0.4, -0.2) is 34.1 Å². The Hall–Kier alpha value is -2.86. The largest absolute Gasteiger partial charge is 0.493 e. The van der Waals surface area contributed by atoms with Crippen LogP contribution in [0.1, 0.15) is 35.1 Å². The number of carbonyl (C=O) groups excluding carboxylic acids is 1. The van der Waals surface area contributed by atoms with Gasteiger partial charge in [-0.15, -0.1) is 0 Å². The standard InChI is InChI=1S/C20H23N3O3/c1-2-11-26-18-6-4-3-5-14(18)9-10-21-20(25)15-7-8-16-17(12-15)23-19(13-24)22-16/h3-8,12,24H,2,9-11,13H2,1H3,(H,21,25)(H,22,23). The van der Waals surface area contributed by atoms with E-state index in [0.29, 0.717) is 31.0 Å². The Morgan fingerprint density at radius 3 is 2.92 bits per heavy atom. The molecule has 6 heteroatoms. The van der Waals surface area contributed by atoms with Crippen molar-refractivity contribution in [2.24, 2.45) is 0 Å². The fourth-order valence-corrected chi connectivity index (χ4v) is 2.75. The Labute approximate surface area is 152 Å². The summed E-state index contributed by atoms with van der Waals surface area (Å²) in [5, 5.41) is 12.1. The van der Waals surface area contributed by atoms with E-state index in [1.807, 2.05) is 24.3 Å². The molecule has 0 bridgehead atoms. The zero-order valence-electron chi connectivity index (χ0n) is 14.8. The van der Waals surface area contributed by atoms with Crippen LogP contribution < -0.4 is 10.1 Å². The zero-order chi connectivity index (χ0) is 18.4. The van der Waals surface area contributed by atoms with E-state index in [-0.39, 0.29) is 12.5 Å². The molecule has 3 rings (SSSR count). The van der Waals surface area contributed by atoms with E-state index in [1.165, 1.54) is 0 Å². The Morgan fingerprint density at radius 1 is 1.27 bits per heavy atom. The van der Waals surface area contributed by atoms with Gasteiger partial charge in [-0.25, -0.2) is 4.98 Å². The monoisotopic (exact) mass is 353 g/mol. The van der Waals surface area contributed by atoms with Crippen molar-refractivity contribution in [2.75, 3.05) is 13.2 Å². The van der Waals surface area contributed by atoms with Crippen molar-refractivity contribution < 1.29 is 14.6 Å². The van der Waals surface area contributed by atoms with Gasteiger partial charge in [-0.3, -0.25) is 4.79 Å². The van der Waals surface area contributed by atoms with Gasteiger partial charge in [0.05, 0.1) is 17.6 Å². The predicted octanol–water partition coefficient (Wildman–Crippen LogP) is 2.82. The molecule has 136 valence electrons. The molecule has 0 fully saturated rings. The van der Waals surface area contributed by atoms with Crippen LogP contribution >= 0.6 is 0 Å². The van der Waals surface area contributed by atoms with Crippen LogP contribution in [0, 0.1) is 0 Å². The predicted molar refractivity (Wildman–Crippen MR) is 100 cm³/mol. The van der Waals surface area contributed by atoms with Crippen molar-refractivity contribution in [1.82, 2.24) is 15.3 Å². The van der Waals surface area contributed by atoms with Gasteiger partial charge in [0.25, 0.3) is 5.91 Å². The number of rotatable bonds is 8. The number of H-pyrrole nitrogens is 1. The minimum atomic E-state index is -0.157. The number of hydrogen-bond acceptors (Lipinski definition) is 4. The number of carbonyl (C=O) groups is 1. The smallest absolute Gasteiger partial charge is 0.251 e. The number of aromatic amines is 1. The number of amides is 1. The number of aromatic nitrogens is 2. The number of nitrogens with zero attached hydrogens (tertiary/aromatic N) is 1. The zero-order valence-corrected chi connectivity index (χ0v) is 14.8. The Morgan fingerprint density at radius 2 is 2.12 bits per heavy atom. The highest BCUT2D eigenvalue weighted by Crippen LogP contribution is 2.18. The number of aliphatic hydroxyl groups excluding tert-OH is 1. The lowest BCUT2D eigenvalue weighted by Gasteiger charge is -2.11. The van der Waals surface area contributed by atoms with Gasteiger partial charge in [-0.05, 0) is 42.7 Å². The number of benzene rings is 2. The summed E-state index contributed by atoms with van der Waals surface area (Å²) >= 11 is 0. The first kappa shape index (κ1) is 17.9. The van der Waals surface area contributed by atoms with Gasteiger partial charge in [0.1, 0.15) is 18.2 Å². The summed E-state index contributed by atoms with van der Waals surface area (Å²) in [5.74, 6) is 1.22. The number of ether oxygens (including phenoxy) is 1. The average molecular weight is 353 g/mol. The van der Waals surface area contributed by atoms with Crippen LogP contribution in [-0.2, 0) is 13.0 Å². The average Bonchev–Trinajstić information content (AvgIpc) is 3.09. The van der Waals surface area contributed by atoms with Crippen LogP contribution in [0.3, 0.4) is 0 Å². The molecule has 0 saturated heterocycles. The van der Waals surface area contributed by atoms with Gasteiger partial charge in [-0.2, -0.15) is 0 Å². The van der Waals surface area contributed by atoms with E-state index in [9.17, 15) is 4.79 Å². The minimum Gasteiger partial charge on any atom is -0.493 e. The molecule has 0 aliphatic carbocycles. The number of para-hydroxylation sites is 1. The first-order valence-corrected chi connectivity index (χ1v) is 8.79. The maximum absolute atomic E-state index is 12.4. The maximum atomic E-state index is 12.4. The summed E-state index contributed by atoms with van der Waals surface area (Å²) < 4.78 is 5.75. The molecule has 3 N–H and O–H groups in total. The van der Waals surface area contributed by atoms with E-state index in [4.69, 9.17) is 9.84 Å². The molecule has 0 radical (unpaired) electrons. The maximum Gasteiger partial charge on any atom is 0.251 e. The minimum absolute atomic E-state index is 0.140. The molecule has 0 unspecified atom stereocenters. The quantitative estimate of drug-likeness (QED) is 0.581. The fraction of sp³-hybridized carbons (Fsp3) is 0.300. The highest BCUT2D eigenvalue weighted by Gasteiger charge is 2.09. The van der Waals surface area contributed by atoms with Gasteiger partial charge in [-0.1, -0.05) is 25.1 Å². The molecule has 0 atom stereocenters. The summed E-state index contributed by atoms with van der Waals surface area (Å²) in [7, 11) is 0. The van der Waals surface area contributed by atoms with E-state index in [2.05, 4.69) is 22.2 Å². The van der Waals surface area contributed by atoms with Crippen molar-refractivity contribution in [3.8, 4) is 5.75 Å². The Balaban J connectivity index is 1.61. The third-order valence-electron chi connectivity index (χ3n) is 4.06. The van der Waals surface area contributed by atoms with E-state index < -0.39 is 0 Å². The molecular weight excluding hydrogens is 330 g/mol. The van der Waals surface area contributed by atoms with Crippen molar-refractivity contribution in [3.05, 3.63) is 59.4 Å². The van der Waals surface area contributed by atoms with Crippen LogP contribution in [0.15, 0.2) is 42.5 Å². The topological polar surface area (TPSA) is 87.2 Å².